The van der Waals surface area contributed by atoms with Gasteiger partial charge in [-0.15, -0.1) is 11.3 Å². The topological polar surface area (TPSA) is 17.3 Å². The molecule has 1 heterocycles. The van der Waals surface area contributed by atoms with Crippen LogP contribution in [0.3, 0.4) is 0 Å². The van der Waals surface area contributed by atoms with E-state index in [4.69, 9.17) is 23.2 Å². The lowest BCUT2D eigenvalue weighted by Crippen LogP contribution is -2.10. The number of hydrogen-bond acceptors (Lipinski definition) is 2. The minimum Gasteiger partial charge on any atom is -0.320 e. The van der Waals surface area contributed by atoms with Crippen LogP contribution in [0.4, 0.5) is 0 Å². The zero-order valence-corrected chi connectivity index (χ0v) is 11.2. The largest absolute Gasteiger partial charge is 0.320 e. The van der Waals surface area contributed by atoms with Crippen molar-refractivity contribution in [1.29, 1.82) is 0 Å². The van der Waals surface area contributed by atoms with E-state index in [9.17, 15) is 0 Å². The predicted molar refractivity (Wildman–Crippen MR) is 70.2 cm³/mol. The molecule has 0 N–H and O–H groups in total. The van der Waals surface area contributed by atoms with Gasteiger partial charge in [0.05, 0.1) is 10.7 Å². The zero-order chi connectivity index (χ0) is 11.7. The fraction of sp³-hybridized carbons (Fsp3) is 0.182. The molecule has 0 aliphatic rings. The Morgan fingerprint density at radius 2 is 2.06 bits per heavy atom. The molecule has 0 spiro atoms. The van der Waals surface area contributed by atoms with Gasteiger partial charge in [0.15, 0.2) is 4.80 Å². The average Bonchev–Trinajstić information content (AvgIpc) is 2.60. The molecule has 2 nitrogen and oxygen atoms in total. The van der Waals surface area contributed by atoms with E-state index in [0.29, 0.717) is 10.0 Å². The van der Waals surface area contributed by atoms with Crippen molar-refractivity contribution >= 4 is 34.5 Å². The summed E-state index contributed by atoms with van der Waals surface area (Å²) in [6.45, 7) is 0. The van der Waals surface area contributed by atoms with Crippen molar-refractivity contribution in [3.05, 3.63) is 38.4 Å². The summed E-state index contributed by atoms with van der Waals surface area (Å²) in [6, 6.07) is 5.51. The first kappa shape index (κ1) is 11.7. The summed E-state index contributed by atoms with van der Waals surface area (Å²) in [5.74, 6) is 0. The molecule has 2 rings (SSSR count). The van der Waals surface area contributed by atoms with Crippen LogP contribution in [0.5, 0.6) is 0 Å². The first-order chi connectivity index (χ1) is 7.63. The minimum absolute atomic E-state index is 0.645. The number of hydrogen-bond donors (Lipinski definition) is 0. The Morgan fingerprint density at radius 3 is 2.62 bits per heavy atom. The second-order valence-corrected chi connectivity index (χ2v) is 4.99. The molecule has 0 fully saturated rings. The highest BCUT2D eigenvalue weighted by molar-refractivity contribution is 7.07. The van der Waals surface area contributed by atoms with Crippen LogP contribution in [0.15, 0.2) is 28.6 Å². The second kappa shape index (κ2) is 4.62. The van der Waals surface area contributed by atoms with E-state index in [1.807, 2.05) is 29.1 Å². The van der Waals surface area contributed by atoms with Crippen LogP contribution in [0.1, 0.15) is 0 Å². The molecule has 0 saturated carbocycles. The van der Waals surface area contributed by atoms with Crippen molar-refractivity contribution in [3.63, 3.8) is 0 Å². The van der Waals surface area contributed by atoms with Gasteiger partial charge in [-0.2, -0.15) is 0 Å². The summed E-state index contributed by atoms with van der Waals surface area (Å²) in [6.07, 6.45) is 0. The quantitative estimate of drug-likeness (QED) is 0.755. The molecule has 1 aromatic carbocycles. The van der Waals surface area contributed by atoms with Gasteiger partial charge in [-0.05, 0) is 18.2 Å². The van der Waals surface area contributed by atoms with Gasteiger partial charge in [-0.1, -0.05) is 23.2 Å². The molecule has 0 saturated heterocycles. The van der Waals surface area contributed by atoms with E-state index < -0.39 is 0 Å². The lowest BCUT2D eigenvalue weighted by molar-refractivity contribution is 0.876. The van der Waals surface area contributed by atoms with Gasteiger partial charge in [0.25, 0.3) is 0 Å². The number of halogens is 2. The Labute approximate surface area is 108 Å². The standard InChI is InChI=1S/C11H10Cl2N2S/c1-14-11-15(2)10(6-16-11)8-4-3-7(12)5-9(8)13/h3-6H,1-2H3. The third kappa shape index (κ3) is 2.03. The maximum absolute atomic E-state index is 6.16. The van der Waals surface area contributed by atoms with Crippen LogP contribution >= 0.6 is 34.5 Å². The number of aromatic nitrogens is 1. The summed E-state index contributed by atoms with van der Waals surface area (Å²) < 4.78 is 2.01. The Kier molecular flexibility index (Phi) is 3.38. The SMILES string of the molecule is CN=c1scc(-c2ccc(Cl)cc2Cl)n1C. The van der Waals surface area contributed by atoms with Crippen LogP contribution in [-0.4, -0.2) is 11.6 Å². The van der Waals surface area contributed by atoms with Crippen LogP contribution in [0.25, 0.3) is 11.3 Å². The Morgan fingerprint density at radius 1 is 1.31 bits per heavy atom. The molecule has 0 bridgehead atoms. The van der Waals surface area contributed by atoms with Crippen LogP contribution < -0.4 is 4.80 Å². The molecule has 16 heavy (non-hydrogen) atoms. The van der Waals surface area contributed by atoms with E-state index in [1.165, 1.54) is 0 Å². The van der Waals surface area contributed by atoms with Gasteiger partial charge in [0, 0.05) is 30.1 Å². The van der Waals surface area contributed by atoms with Crippen LogP contribution in [-0.2, 0) is 7.05 Å². The summed E-state index contributed by atoms with van der Waals surface area (Å²) in [5, 5.41) is 3.34. The van der Waals surface area contributed by atoms with Gasteiger partial charge in [-0.25, -0.2) is 0 Å². The van der Waals surface area contributed by atoms with Crippen molar-refractivity contribution in [2.75, 3.05) is 7.05 Å². The van der Waals surface area contributed by atoms with Crippen molar-refractivity contribution in [3.8, 4) is 11.3 Å². The van der Waals surface area contributed by atoms with Gasteiger partial charge >= 0.3 is 0 Å². The van der Waals surface area contributed by atoms with Gasteiger partial charge in [0.1, 0.15) is 0 Å². The van der Waals surface area contributed by atoms with E-state index in [1.54, 1.807) is 24.5 Å². The van der Waals surface area contributed by atoms with E-state index >= 15 is 0 Å². The summed E-state index contributed by atoms with van der Waals surface area (Å²) in [5.41, 5.74) is 2.02. The molecule has 84 valence electrons. The third-order valence-corrected chi connectivity index (χ3v) is 3.88. The van der Waals surface area contributed by atoms with Gasteiger partial charge in [-0.3, -0.25) is 4.99 Å². The summed E-state index contributed by atoms with van der Waals surface area (Å²) in [4.78, 5) is 5.14. The van der Waals surface area contributed by atoms with Crippen LogP contribution in [0.2, 0.25) is 10.0 Å². The van der Waals surface area contributed by atoms with Crippen LogP contribution in [0, 0.1) is 0 Å². The summed E-state index contributed by atoms with van der Waals surface area (Å²) >= 11 is 13.6. The predicted octanol–water partition coefficient (Wildman–Crippen LogP) is 3.59. The molecular formula is C11H10Cl2N2S. The number of benzene rings is 1. The average molecular weight is 273 g/mol. The van der Waals surface area contributed by atoms with E-state index in [2.05, 4.69) is 4.99 Å². The molecule has 0 unspecified atom stereocenters. The Balaban J connectivity index is 2.63. The highest BCUT2D eigenvalue weighted by atomic mass is 35.5. The molecule has 0 aliphatic carbocycles. The number of thiazole rings is 1. The Bertz CT molecular complexity index is 584. The summed E-state index contributed by atoms with van der Waals surface area (Å²) in [7, 11) is 3.75. The molecule has 0 aliphatic heterocycles. The van der Waals surface area contributed by atoms with E-state index in [-0.39, 0.29) is 0 Å². The van der Waals surface area contributed by atoms with Crippen molar-refractivity contribution in [2.45, 2.75) is 0 Å². The number of nitrogens with zero attached hydrogens (tertiary/aromatic N) is 2. The minimum atomic E-state index is 0.645. The van der Waals surface area contributed by atoms with Crippen molar-refractivity contribution in [2.24, 2.45) is 12.0 Å². The second-order valence-electron chi connectivity index (χ2n) is 3.31. The maximum atomic E-state index is 6.16. The molecule has 5 heteroatoms. The van der Waals surface area contributed by atoms with Gasteiger partial charge < -0.3 is 4.57 Å². The highest BCUT2D eigenvalue weighted by Crippen LogP contribution is 2.30. The normalized spacial score (nSPS) is 12.1. The van der Waals surface area contributed by atoms with Gasteiger partial charge in [0.2, 0.25) is 0 Å². The zero-order valence-electron chi connectivity index (χ0n) is 8.87. The molecular weight excluding hydrogens is 263 g/mol. The highest BCUT2D eigenvalue weighted by Gasteiger charge is 2.08. The first-order valence-corrected chi connectivity index (χ1v) is 6.30. The monoisotopic (exact) mass is 272 g/mol. The van der Waals surface area contributed by atoms with Crippen molar-refractivity contribution < 1.29 is 0 Å². The maximum Gasteiger partial charge on any atom is 0.184 e. The third-order valence-electron chi connectivity index (χ3n) is 2.32. The lowest BCUT2D eigenvalue weighted by Gasteiger charge is -2.05. The lowest BCUT2D eigenvalue weighted by atomic mass is 10.2. The first-order valence-electron chi connectivity index (χ1n) is 4.66. The molecule has 2 aromatic rings. The molecule has 0 atom stereocenters. The fourth-order valence-electron chi connectivity index (χ4n) is 1.51. The molecule has 1 aromatic heterocycles. The number of rotatable bonds is 1. The molecule has 0 amide bonds. The smallest absolute Gasteiger partial charge is 0.184 e. The van der Waals surface area contributed by atoms with Crippen molar-refractivity contribution in [1.82, 2.24) is 4.57 Å². The fourth-order valence-corrected chi connectivity index (χ4v) is 2.88. The van der Waals surface area contributed by atoms with E-state index in [0.717, 1.165) is 16.1 Å². The Hall–Kier alpha value is -0.770. The molecule has 0 radical (unpaired) electrons.